The van der Waals surface area contributed by atoms with Gasteiger partial charge in [-0.25, -0.2) is 0 Å². The van der Waals surface area contributed by atoms with Crippen LogP contribution in [0.2, 0.25) is 0 Å². The molecule has 0 amide bonds. The molecule has 0 N–H and O–H groups in total. The highest BCUT2D eigenvalue weighted by molar-refractivity contribution is 6.11. The molecule has 13 aromatic rings. The fourth-order valence-electron chi connectivity index (χ4n) is 14.0. The van der Waals surface area contributed by atoms with Crippen LogP contribution in [0.4, 0.5) is 34.1 Å². The molecule has 0 saturated carbocycles. The third-order valence-corrected chi connectivity index (χ3v) is 17.4. The van der Waals surface area contributed by atoms with E-state index >= 15 is 0 Å². The second-order valence-corrected chi connectivity index (χ2v) is 21.9. The van der Waals surface area contributed by atoms with Crippen molar-refractivity contribution in [3.8, 4) is 55.6 Å². The van der Waals surface area contributed by atoms with Gasteiger partial charge in [-0.05, 0) is 162 Å². The number of para-hydroxylation sites is 4. The van der Waals surface area contributed by atoms with Crippen molar-refractivity contribution in [1.29, 1.82) is 0 Å². The van der Waals surface area contributed by atoms with Crippen LogP contribution in [0.5, 0.6) is 0 Å². The summed E-state index contributed by atoms with van der Waals surface area (Å²) in [6.45, 7) is 4.85. The van der Waals surface area contributed by atoms with Gasteiger partial charge >= 0.3 is 0 Å². The first-order valence-corrected chi connectivity index (χ1v) is 27.5. The molecule has 372 valence electrons. The summed E-state index contributed by atoms with van der Waals surface area (Å²) in [5.74, 6) is 0. The second-order valence-electron chi connectivity index (χ2n) is 21.9. The molecule has 1 spiro atoms. The highest BCUT2D eigenvalue weighted by atomic mass is 16.3. The second kappa shape index (κ2) is 17.3. The van der Waals surface area contributed by atoms with Gasteiger partial charge in [-0.3, -0.25) is 0 Å². The summed E-state index contributed by atoms with van der Waals surface area (Å²) in [6.07, 6.45) is 0. The van der Waals surface area contributed by atoms with Gasteiger partial charge in [0.25, 0.3) is 0 Å². The lowest BCUT2D eigenvalue weighted by atomic mass is 9.70. The van der Waals surface area contributed by atoms with Gasteiger partial charge in [0, 0.05) is 44.6 Å². The molecule has 0 aliphatic heterocycles. The first-order valence-electron chi connectivity index (χ1n) is 27.5. The Hall–Kier alpha value is -9.96. The number of benzene rings is 12. The molecule has 3 aliphatic rings. The standard InChI is InChI=1S/C76H52N2O/c1-75(2)67-43-44-68-73(62-30-14-18-34-66(62)76(68)64-32-16-12-27-58(64)59-28-13-17-33-65(59)76)72(67)63-42-39-51(47-69(63)75)52-45-56(77(53-23-8-4-9-24-53)54-25-10-5-11-26-54)48-57(46-52)78(55-40-37-50(38-41-55)49-21-6-3-7-22-49)70-35-20-31-61-60-29-15-19-36-71(60)79-74(61)70/h3-48H,1-2H3. The van der Waals surface area contributed by atoms with Gasteiger partial charge in [-0.15, -0.1) is 0 Å². The average molecular weight is 1010 g/mol. The van der Waals surface area contributed by atoms with Crippen molar-refractivity contribution in [2.75, 3.05) is 9.80 Å². The van der Waals surface area contributed by atoms with Crippen molar-refractivity contribution < 1.29 is 4.42 Å². The predicted octanol–water partition coefficient (Wildman–Crippen LogP) is 20.5. The molecule has 0 atom stereocenters. The van der Waals surface area contributed by atoms with E-state index in [9.17, 15) is 0 Å². The molecule has 0 saturated heterocycles. The summed E-state index contributed by atoms with van der Waals surface area (Å²) in [6, 6.07) is 103. The Morgan fingerprint density at radius 1 is 0.291 bits per heavy atom. The van der Waals surface area contributed by atoms with Crippen molar-refractivity contribution in [1.82, 2.24) is 0 Å². The lowest BCUT2D eigenvalue weighted by Gasteiger charge is -2.31. The normalized spacial score (nSPS) is 13.6. The van der Waals surface area contributed by atoms with Crippen LogP contribution in [0, 0.1) is 0 Å². The van der Waals surface area contributed by atoms with Gasteiger partial charge in [0.1, 0.15) is 5.58 Å². The smallest absolute Gasteiger partial charge is 0.159 e. The van der Waals surface area contributed by atoms with E-state index in [-0.39, 0.29) is 5.41 Å². The highest BCUT2D eigenvalue weighted by Crippen LogP contribution is 2.66. The SMILES string of the molecule is CC1(C)c2cc(-c3cc(N(c4ccccc4)c4ccccc4)cc(N(c4ccc(-c5ccccc5)cc4)c4cccc5c4oc4ccccc45)c3)ccc2-c2c1ccc1c2-c2ccccc2C12c1ccccc1-c1ccccc12. The van der Waals surface area contributed by atoms with Crippen molar-refractivity contribution in [3.63, 3.8) is 0 Å². The van der Waals surface area contributed by atoms with Crippen molar-refractivity contribution in [2.24, 2.45) is 0 Å². The molecule has 12 aromatic carbocycles. The van der Waals surface area contributed by atoms with Gasteiger partial charge in [0.2, 0.25) is 0 Å². The van der Waals surface area contributed by atoms with Crippen molar-refractivity contribution >= 4 is 56.1 Å². The summed E-state index contributed by atoms with van der Waals surface area (Å²) < 4.78 is 6.90. The van der Waals surface area contributed by atoms with E-state index in [0.717, 1.165) is 72.8 Å². The number of fused-ring (bicyclic) bond motifs is 17. The third-order valence-electron chi connectivity index (χ3n) is 17.4. The van der Waals surface area contributed by atoms with Crippen LogP contribution in [-0.2, 0) is 10.8 Å². The number of nitrogens with zero attached hydrogens (tertiary/aromatic N) is 2. The number of furan rings is 1. The molecule has 0 unspecified atom stereocenters. The van der Waals surface area contributed by atoms with E-state index in [1.165, 1.54) is 72.3 Å². The van der Waals surface area contributed by atoms with Crippen molar-refractivity contribution in [2.45, 2.75) is 24.7 Å². The minimum Gasteiger partial charge on any atom is -0.454 e. The Bertz CT molecular complexity index is 4490. The summed E-state index contributed by atoms with van der Waals surface area (Å²) in [5, 5.41) is 2.17. The Kier molecular flexibility index (Phi) is 9.90. The Labute approximate surface area is 460 Å². The van der Waals surface area contributed by atoms with Gasteiger partial charge < -0.3 is 14.2 Å². The molecule has 3 aliphatic carbocycles. The fourth-order valence-corrected chi connectivity index (χ4v) is 14.0. The van der Waals surface area contributed by atoms with Crippen LogP contribution < -0.4 is 9.80 Å². The topological polar surface area (TPSA) is 19.6 Å². The molecule has 3 heteroatoms. The average Bonchev–Trinajstić information content (AvgIpc) is 2.92. The first-order chi connectivity index (χ1) is 38.9. The van der Waals surface area contributed by atoms with Crippen LogP contribution in [0.25, 0.3) is 77.6 Å². The zero-order chi connectivity index (χ0) is 52.4. The van der Waals surface area contributed by atoms with Gasteiger partial charge in [-0.2, -0.15) is 0 Å². The molecular formula is C76H52N2O. The monoisotopic (exact) mass is 1010 g/mol. The van der Waals surface area contributed by atoms with Gasteiger partial charge in [0.15, 0.2) is 5.58 Å². The Morgan fingerprint density at radius 3 is 1.47 bits per heavy atom. The summed E-state index contributed by atoms with van der Waals surface area (Å²) in [4.78, 5) is 4.78. The maximum absolute atomic E-state index is 6.90. The highest BCUT2D eigenvalue weighted by Gasteiger charge is 2.53. The molecule has 16 rings (SSSR count). The predicted molar refractivity (Wildman–Crippen MR) is 328 cm³/mol. The zero-order valence-electron chi connectivity index (χ0n) is 43.9. The summed E-state index contributed by atoms with van der Waals surface area (Å²) in [5.41, 5.74) is 27.9. The van der Waals surface area contributed by atoms with Crippen LogP contribution in [0.15, 0.2) is 283 Å². The molecule has 79 heavy (non-hydrogen) atoms. The van der Waals surface area contributed by atoms with E-state index in [1.807, 2.05) is 0 Å². The fraction of sp³-hybridized carbons (Fsp3) is 0.0526. The maximum atomic E-state index is 6.90. The van der Waals surface area contributed by atoms with Crippen LogP contribution in [-0.4, -0.2) is 0 Å². The largest absolute Gasteiger partial charge is 0.454 e. The maximum Gasteiger partial charge on any atom is 0.159 e. The van der Waals surface area contributed by atoms with E-state index in [2.05, 4.69) is 303 Å². The minimum absolute atomic E-state index is 0.296. The first kappa shape index (κ1) is 45.3. The number of anilines is 6. The van der Waals surface area contributed by atoms with Crippen molar-refractivity contribution in [3.05, 3.63) is 312 Å². The molecule has 0 bridgehead atoms. The molecule has 1 aromatic heterocycles. The third kappa shape index (κ3) is 6.60. The van der Waals surface area contributed by atoms with Gasteiger partial charge in [0.05, 0.1) is 11.1 Å². The summed E-state index contributed by atoms with van der Waals surface area (Å²) in [7, 11) is 0. The van der Waals surface area contributed by atoms with Gasteiger partial charge in [-0.1, -0.05) is 220 Å². The number of hydrogen-bond acceptors (Lipinski definition) is 3. The Morgan fingerprint density at radius 2 is 0.785 bits per heavy atom. The molecule has 0 fully saturated rings. The molecule has 3 nitrogen and oxygen atoms in total. The summed E-state index contributed by atoms with van der Waals surface area (Å²) >= 11 is 0. The van der Waals surface area contributed by atoms with Crippen LogP contribution in [0.1, 0.15) is 47.2 Å². The van der Waals surface area contributed by atoms with E-state index in [0.29, 0.717) is 0 Å². The number of rotatable bonds is 8. The quantitative estimate of drug-likeness (QED) is 0.151. The molecule has 0 radical (unpaired) electrons. The van der Waals surface area contributed by atoms with E-state index in [4.69, 9.17) is 4.42 Å². The molecular weight excluding hydrogens is 957 g/mol. The number of hydrogen-bond donors (Lipinski definition) is 0. The lowest BCUT2D eigenvalue weighted by molar-refractivity contribution is 0.660. The van der Waals surface area contributed by atoms with Crippen LogP contribution in [0.3, 0.4) is 0 Å². The van der Waals surface area contributed by atoms with E-state index in [1.54, 1.807) is 0 Å². The van der Waals surface area contributed by atoms with Crippen LogP contribution >= 0.6 is 0 Å². The Balaban J connectivity index is 0.927. The molecule has 1 heterocycles. The minimum atomic E-state index is -0.415. The van der Waals surface area contributed by atoms with E-state index < -0.39 is 5.41 Å². The zero-order valence-corrected chi connectivity index (χ0v) is 43.9. The lowest BCUT2D eigenvalue weighted by Crippen LogP contribution is -2.26.